The summed E-state index contributed by atoms with van der Waals surface area (Å²) < 4.78 is 0. The maximum absolute atomic E-state index is 13.4. The van der Waals surface area contributed by atoms with Gasteiger partial charge in [-0.3, -0.25) is 4.79 Å². The molecule has 7 nitrogen and oxygen atoms in total. The first-order chi connectivity index (χ1) is 15.6. The molecule has 2 aliphatic rings. The molecular weight excluding hydrogens is 420 g/mol. The van der Waals surface area contributed by atoms with Crippen LogP contribution in [0.4, 0.5) is 5.82 Å². The van der Waals surface area contributed by atoms with Crippen molar-refractivity contribution in [1.82, 2.24) is 24.8 Å². The number of aromatic nitrogens is 3. The number of rotatable bonds is 5. The first kappa shape index (κ1) is 21.0. The number of hydrogen-bond donors (Lipinski definition) is 1. The minimum atomic E-state index is -0.105. The van der Waals surface area contributed by atoms with Crippen LogP contribution in [0.2, 0.25) is 0 Å². The van der Waals surface area contributed by atoms with E-state index in [0.717, 1.165) is 61.1 Å². The highest BCUT2D eigenvalue weighted by Crippen LogP contribution is 2.34. The van der Waals surface area contributed by atoms with Crippen molar-refractivity contribution in [2.45, 2.75) is 38.3 Å². The highest BCUT2D eigenvalue weighted by molar-refractivity contribution is 7.09. The Labute approximate surface area is 192 Å². The topological polar surface area (TPSA) is 74.2 Å². The normalized spacial score (nSPS) is 18.6. The lowest BCUT2D eigenvalue weighted by molar-refractivity contribution is 0.0724. The molecule has 0 aliphatic carbocycles. The summed E-state index contributed by atoms with van der Waals surface area (Å²) in [5.74, 6) is 1.62. The Hall–Kier alpha value is -2.84. The summed E-state index contributed by atoms with van der Waals surface area (Å²) in [7, 11) is 4.02. The van der Waals surface area contributed by atoms with Crippen molar-refractivity contribution in [3.8, 4) is 0 Å². The molecule has 5 rings (SSSR count). The number of anilines is 1. The maximum atomic E-state index is 13.4. The lowest BCUT2D eigenvalue weighted by atomic mass is 10.0. The molecule has 0 bridgehead atoms. The van der Waals surface area contributed by atoms with E-state index in [1.54, 1.807) is 11.3 Å². The van der Waals surface area contributed by atoms with Crippen LogP contribution < -0.4 is 5.32 Å². The third kappa shape index (κ3) is 4.12. The van der Waals surface area contributed by atoms with Gasteiger partial charge in [0.15, 0.2) is 5.82 Å². The van der Waals surface area contributed by atoms with Gasteiger partial charge < -0.3 is 15.1 Å². The Morgan fingerprint density at radius 2 is 2.03 bits per heavy atom. The van der Waals surface area contributed by atoms with Crippen molar-refractivity contribution < 1.29 is 4.79 Å². The highest BCUT2D eigenvalue weighted by atomic mass is 32.1. The SMILES string of the molecule is CNc1nc(C2CCCN2C(=O)c2csc(Cc3ccccc3)n2)nc2c1CCN(C)C2. The third-order valence-electron chi connectivity index (χ3n) is 6.29. The van der Waals surface area contributed by atoms with Crippen molar-refractivity contribution in [2.24, 2.45) is 0 Å². The lowest BCUT2D eigenvalue weighted by Gasteiger charge is -2.28. The number of likely N-dealkylation sites (N-methyl/N-ethyl adjacent to an activating group) is 1. The molecule has 1 amide bonds. The van der Waals surface area contributed by atoms with Crippen molar-refractivity contribution in [3.63, 3.8) is 0 Å². The van der Waals surface area contributed by atoms with Gasteiger partial charge in [-0.05, 0) is 31.9 Å². The summed E-state index contributed by atoms with van der Waals surface area (Å²) >= 11 is 1.55. The smallest absolute Gasteiger partial charge is 0.273 e. The fourth-order valence-electron chi connectivity index (χ4n) is 4.62. The first-order valence-corrected chi connectivity index (χ1v) is 12.1. The number of thiazole rings is 1. The second-order valence-electron chi connectivity index (χ2n) is 8.54. The molecule has 3 aromatic rings. The lowest BCUT2D eigenvalue weighted by Crippen LogP contribution is -2.33. The zero-order valence-electron chi connectivity index (χ0n) is 18.5. The van der Waals surface area contributed by atoms with E-state index in [1.165, 1.54) is 11.1 Å². The van der Waals surface area contributed by atoms with E-state index in [-0.39, 0.29) is 11.9 Å². The average molecular weight is 449 g/mol. The molecule has 8 heteroatoms. The molecule has 4 heterocycles. The van der Waals surface area contributed by atoms with Crippen LogP contribution >= 0.6 is 11.3 Å². The maximum Gasteiger partial charge on any atom is 0.273 e. The predicted molar refractivity (Wildman–Crippen MR) is 126 cm³/mol. The van der Waals surface area contributed by atoms with E-state index in [0.29, 0.717) is 12.2 Å². The standard InChI is InChI=1S/C24H28N6OS/c1-25-22-17-10-12-29(2)14-18(17)27-23(28-22)20-9-6-11-30(20)24(31)19-15-32-21(26-19)13-16-7-4-3-5-8-16/h3-5,7-8,15,20H,6,9-14H2,1-2H3,(H,25,27,28). The minimum absolute atomic E-state index is 0.0208. The molecule has 0 radical (unpaired) electrons. The van der Waals surface area contributed by atoms with Gasteiger partial charge in [-0.15, -0.1) is 11.3 Å². The number of hydrogen-bond acceptors (Lipinski definition) is 7. The molecule has 2 aliphatic heterocycles. The van der Waals surface area contributed by atoms with Crippen molar-refractivity contribution in [3.05, 3.63) is 69.1 Å². The van der Waals surface area contributed by atoms with Gasteiger partial charge in [-0.2, -0.15) is 0 Å². The summed E-state index contributed by atoms with van der Waals surface area (Å²) in [6, 6.07) is 10.1. The molecular formula is C24H28N6OS. The van der Waals surface area contributed by atoms with Gasteiger partial charge in [0, 0.05) is 44.0 Å². The van der Waals surface area contributed by atoms with Gasteiger partial charge in [-0.25, -0.2) is 15.0 Å². The molecule has 1 atom stereocenters. The monoisotopic (exact) mass is 448 g/mol. The Morgan fingerprint density at radius 3 is 2.84 bits per heavy atom. The molecule has 1 N–H and O–H groups in total. The zero-order valence-corrected chi connectivity index (χ0v) is 19.4. The highest BCUT2D eigenvalue weighted by Gasteiger charge is 2.35. The number of amides is 1. The van der Waals surface area contributed by atoms with Crippen LogP contribution in [0.15, 0.2) is 35.7 Å². The number of benzene rings is 1. The number of nitrogens with zero attached hydrogens (tertiary/aromatic N) is 5. The Bertz CT molecular complexity index is 1110. The molecule has 1 fully saturated rings. The van der Waals surface area contributed by atoms with Gasteiger partial charge in [-0.1, -0.05) is 30.3 Å². The summed E-state index contributed by atoms with van der Waals surface area (Å²) in [5, 5.41) is 6.10. The molecule has 2 aromatic heterocycles. The van der Waals surface area contributed by atoms with Crippen LogP contribution in [-0.2, 0) is 19.4 Å². The van der Waals surface area contributed by atoms with Gasteiger partial charge in [0.1, 0.15) is 11.5 Å². The molecule has 1 unspecified atom stereocenters. The van der Waals surface area contributed by atoms with Gasteiger partial charge >= 0.3 is 0 Å². The van der Waals surface area contributed by atoms with Gasteiger partial charge in [0.05, 0.1) is 16.7 Å². The number of likely N-dealkylation sites (tertiary alicyclic amines) is 1. The van der Waals surface area contributed by atoms with E-state index < -0.39 is 0 Å². The summed E-state index contributed by atoms with van der Waals surface area (Å²) in [6.45, 7) is 2.53. The molecule has 1 saturated heterocycles. The van der Waals surface area contributed by atoms with Crippen LogP contribution in [-0.4, -0.2) is 57.8 Å². The fourth-order valence-corrected chi connectivity index (χ4v) is 5.42. The van der Waals surface area contributed by atoms with Crippen LogP contribution in [0.25, 0.3) is 0 Å². The first-order valence-electron chi connectivity index (χ1n) is 11.2. The average Bonchev–Trinajstić information content (AvgIpc) is 3.48. The summed E-state index contributed by atoms with van der Waals surface area (Å²) in [6.07, 6.45) is 3.52. The molecule has 0 spiro atoms. The van der Waals surface area contributed by atoms with Crippen LogP contribution in [0.3, 0.4) is 0 Å². The Balaban J connectivity index is 1.38. The number of fused-ring (bicyclic) bond motifs is 1. The van der Waals surface area contributed by atoms with E-state index in [9.17, 15) is 4.79 Å². The fraction of sp³-hybridized carbons (Fsp3) is 0.417. The zero-order chi connectivity index (χ0) is 22.1. The summed E-state index contributed by atoms with van der Waals surface area (Å²) in [5.41, 5.74) is 4.01. The predicted octanol–water partition coefficient (Wildman–Crippen LogP) is 3.53. The Kier molecular flexibility index (Phi) is 5.89. The third-order valence-corrected chi connectivity index (χ3v) is 7.14. The van der Waals surface area contributed by atoms with Crippen LogP contribution in [0.1, 0.15) is 57.0 Å². The largest absolute Gasteiger partial charge is 0.373 e. The van der Waals surface area contributed by atoms with Crippen LogP contribution in [0.5, 0.6) is 0 Å². The Morgan fingerprint density at radius 1 is 1.19 bits per heavy atom. The quantitative estimate of drug-likeness (QED) is 0.644. The van der Waals surface area contributed by atoms with E-state index in [4.69, 9.17) is 9.97 Å². The van der Waals surface area contributed by atoms with Gasteiger partial charge in [0.2, 0.25) is 0 Å². The molecule has 0 saturated carbocycles. The van der Waals surface area contributed by atoms with Crippen molar-refractivity contribution >= 4 is 23.1 Å². The van der Waals surface area contributed by atoms with E-state index in [2.05, 4.69) is 34.4 Å². The second-order valence-corrected chi connectivity index (χ2v) is 9.48. The molecule has 32 heavy (non-hydrogen) atoms. The van der Waals surface area contributed by atoms with E-state index >= 15 is 0 Å². The number of carbonyl (C=O) groups is 1. The minimum Gasteiger partial charge on any atom is -0.373 e. The summed E-state index contributed by atoms with van der Waals surface area (Å²) in [4.78, 5) is 32.0. The molecule has 1 aromatic carbocycles. The second kappa shape index (κ2) is 8.96. The number of nitrogens with one attached hydrogen (secondary N) is 1. The van der Waals surface area contributed by atoms with Crippen LogP contribution in [0, 0.1) is 0 Å². The van der Waals surface area contributed by atoms with E-state index in [1.807, 2.05) is 35.5 Å². The van der Waals surface area contributed by atoms with Crippen molar-refractivity contribution in [2.75, 3.05) is 32.5 Å². The molecule has 166 valence electrons. The number of carbonyl (C=O) groups excluding carboxylic acids is 1. The van der Waals surface area contributed by atoms with Crippen molar-refractivity contribution in [1.29, 1.82) is 0 Å². The van der Waals surface area contributed by atoms with Gasteiger partial charge in [0.25, 0.3) is 5.91 Å².